The van der Waals surface area contributed by atoms with Crippen LogP contribution in [0.25, 0.3) is 0 Å². The summed E-state index contributed by atoms with van der Waals surface area (Å²) in [6, 6.07) is 12.0. The molecular weight excluding hydrogens is 327 g/mol. The molecule has 2 aromatic carbocycles. The number of thioether (sulfide) groups is 1. The Kier molecular flexibility index (Phi) is 3.89. The molecule has 0 unspecified atom stereocenters. The summed E-state index contributed by atoms with van der Waals surface area (Å²) in [6.45, 7) is 0. The van der Waals surface area contributed by atoms with E-state index in [-0.39, 0.29) is 11.6 Å². The Bertz CT molecular complexity index is 797. The summed E-state index contributed by atoms with van der Waals surface area (Å²) in [5, 5.41) is 0. The van der Waals surface area contributed by atoms with Crippen molar-refractivity contribution in [2.24, 2.45) is 0 Å². The lowest BCUT2D eigenvalue weighted by molar-refractivity contribution is 0.0977. The molecule has 21 heavy (non-hydrogen) atoms. The van der Waals surface area contributed by atoms with Crippen LogP contribution in [0.4, 0.5) is 0 Å². The predicted molar refractivity (Wildman–Crippen MR) is 85.4 cm³/mol. The number of ketones is 2. The van der Waals surface area contributed by atoms with E-state index >= 15 is 0 Å². The van der Waals surface area contributed by atoms with Gasteiger partial charge in [-0.15, -0.1) is 0 Å². The van der Waals surface area contributed by atoms with Gasteiger partial charge in [-0.1, -0.05) is 71.4 Å². The van der Waals surface area contributed by atoms with Gasteiger partial charge in [0.25, 0.3) is 0 Å². The van der Waals surface area contributed by atoms with Crippen LogP contribution in [0.3, 0.4) is 0 Å². The molecule has 0 atom stereocenters. The van der Waals surface area contributed by atoms with Gasteiger partial charge in [-0.05, 0) is 6.07 Å². The second kappa shape index (κ2) is 5.68. The van der Waals surface area contributed by atoms with Gasteiger partial charge in [0, 0.05) is 32.7 Å². The highest BCUT2D eigenvalue weighted by molar-refractivity contribution is 8.04. The Labute approximate surface area is 135 Å². The second-order valence-electron chi connectivity index (χ2n) is 4.40. The smallest absolute Gasteiger partial charge is 0.195 e. The molecule has 0 fully saturated rings. The zero-order valence-corrected chi connectivity index (χ0v) is 12.9. The molecular formula is C16H8Cl2O2S. The van der Waals surface area contributed by atoms with Crippen molar-refractivity contribution in [2.75, 3.05) is 0 Å². The largest absolute Gasteiger partial charge is 0.289 e. The Balaban J connectivity index is 2.21. The van der Waals surface area contributed by atoms with E-state index in [9.17, 15) is 9.59 Å². The lowest BCUT2D eigenvalue weighted by Gasteiger charge is -2.19. The summed E-state index contributed by atoms with van der Waals surface area (Å²) in [5.74, 6) is -0.309. The first-order chi connectivity index (χ1) is 10.1. The molecule has 2 aromatic rings. The van der Waals surface area contributed by atoms with E-state index in [4.69, 9.17) is 23.2 Å². The van der Waals surface area contributed by atoms with E-state index in [1.54, 1.807) is 42.5 Å². The van der Waals surface area contributed by atoms with Crippen LogP contribution in [-0.2, 0) is 0 Å². The molecule has 1 aliphatic carbocycles. The lowest BCUT2D eigenvalue weighted by atomic mass is 9.84. The monoisotopic (exact) mass is 334 g/mol. The van der Waals surface area contributed by atoms with E-state index in [0.29, 0.717) is 31.5 Å². The molecule has 104 valence electrons. The number of benzene rings is 2. The quantitative estimate of drug-likeness (QED) is 0.629. The average Bonchev–Trinajstić information content (AvgIpc) is 2.52. The predicted octanol–water partition coefficient (Wildman–Crippen LogP) is 4.83. The van der Waals surface area contributed by atoms with E-state index in [2.05, 4.69) is 0 Å². The summed E-state index contributed by atoms with van der Waals surface area (Å²) < 4.78 is 0.337. The Morgan fingerprint density at radius 3 is 2.19 bits per heavy atom. The number of carbonyl (C=O) groups is 2. The Morgan fingerprint density at radius 1 is 0.905 bits per heavy atom. The van der Waals surface area contributed by atoms with Crippen molar-refractivity contribution in [3.8, 4) is 0 Å². The molecule has 0 spiro atoms. The first kappa shape index (κ1) is 14.4. The third kappa shape index (κ3) is 2.42. The van der Waals surface area contributed by atoms with Crippen LogP contribution in [-0.4, -0.2) is 11.6 Å². The zero-order valence-electron chi connectivity index (χ0n) is 10.6. The van der Waals surface area contributed by atoms with Gasteiger partial charge in [0.15, 0.2) is 11.6 Å². The summed E-state index contributed by atoms with van der Waals surface area (Å²) in [6.07, 6.45) is 0. The standard InChI is InChI=1S/C16H8Cl2O2S/c17-8-13(18)21-12-7-3-6-11-14(12)16(20)10-5-2-1-4-9(10)15(11)19/h1-8H/b13-8-. The van der Waals surface area contributed by atoms with Crippen LogP contribution >= 0.6 is 35.0 Å². The molecule has 5 heteroatoms. The van der Waals surface area contributed by atoms with E-state index in [1.165, 1.54) is 5.54 Å². The van der Waals surface area contributed by atoms with Gasteiger partial charge in [0.1, 0.15) is 0 Å². The SMILES string of the molecule is O=C1c2ccccc2C(=O)c2c(S/C(Cl)=C\Cl)cccc21. The molecule has 3 rings (SSSR count). The maximum atomic E-state index is 12.7. The van der Waals surface area contributed by atoms with Crippen LogP contribution in [0.15, 0.2) is 57.3 Å². The van der Waals surface area contributed by atoms with E-state index < -0.39 is 0 Å². The third-order valence-corrected chi connectivity index (χ3v) is 4.88. The van der Waals surface area contributed by atoms with Crippen LogP contribution in [0, 0.1) is 0 Å². The first-order valence-corrected chi connectivity index (χ1v) is 7.71. The van der Waals surface area contributed by atoms with Gasteiger partial charge in [0.2, 0.25) is 0 Å². The molecule has 0 saturated heterocycles. The van der Waals surface area contributed by atoms with Gasteiger partial charge in [-0.2, -0.15) is 0 Å². The van der Waals surface area contributed by atoms with Crippen molar-refractivity contribution in [3.05, 3.63) is 74.6 Å². The summed E-state index contributed by atoms with van der Waals surface area (Å²) in [7, 11) is 0. The van der Waals surface area contributed by atoms with Crippen molar-refractivity contribution in [2.45, 2.75) is 4.90 Å². The van der Waals surface area contributed by atoms with Crippen molar-refractivity contribution >= 4 is 46.5 Å². The maximum Gasteiger partial charge on any atom is 0.195 e. The maximum absolute atomic E-state index is 12.7. The van der Waals surface area contributed by atoms with Crippen LogP contribution in [0.5, 0.6) is 0 Å². The molecule has 0 amide bonds. The normalized spacial score (nSPS) is 13.9. The number of halogens is 2. The molecule has 1 aliphatic rings. The van der Waals surface area contributed by atoms with Gasteiger partial charge >= 0.3 is 0 Å². The van der Waals surface area contributed by atoms with Crippen LogP contribution < -0.4 is 0 Å². The van der Waals surface area contributed by atoms with Gasteiger partial charge in [-0.3, -0.25) is 9.59 Å². The van der Waals surface area contributed by atoms with Crippen molar-refractivity contribution in [1.82, 2.24) is 0 Å². The topological polar surface area (TPSA) is 34.1 Å². The average molecular weight is 335 g/mol. The number of hydrogen-bond acceptors (Lipinski definition) is 3. The molecule has 0 saturated carbocycles. The molecule has 0 heterocycles. The lowest BCUT2D eigenvalue weighted by Crippen LogP contribution is -2.21. The summed E-state index contributed by atoms with van der Waals surface area (Å²) >= 11 is 12.6. The van der Waals surface area contributed by atoms with Crippen molar-refractivity contribution in [1.29, 1.82) is 0 Å². The van der Waals surface area contributed by atoms with Gasteiger partial charge in [-0.25, -0.2) is 0 Å². The fraction of sp³-hybridized carbons (Fsp3) is 0. The second-order valence-corrected chi connectivity index (χ2v) is 6.33. The number of carbonyl (C=O) groups excluding carboxylic acids is 2. The molecule has 0 aromatic heterocycles. The number of fused-ring (bicyclic) bond motifs is 2. The Morgan fingerprint density at radius 2 is 1.52 bits per heavy atom. The van der Waals surface area contributed by atoms with Gasteiger partial charge < -0.3 is 0 Å². The first-order valence-electron chi connectivity index (χ1n) is 6.08. The van der Waals surface area contributed by atoms with E-state index in [0.717, 1.165) is 11.8 Å². The highest BCUT2D eigenvalue weighted by atomic mass is 35.5. The number of rotatable bonds is 2. The number of hydrogen-bond donors (Lipinski definition) is 0. The van der Waals surface area contributed by atoms with Crippen LogP contribution in [0.2, 0.25) is 0 Å². The fourth-order valence-corrected chi connectivity index (χ4v) is 3.41. The molecule has 0 aliphatic heterocycles. The highest BCUT2D eigenvalue weighted by Crippen LogP contribution is 2.38. The molecule has 0 bridgehead atoms. The molecule has 0 radical (unpaired) electrons. The van der Waals surface area contributed by atoms with Gasteiger partial charge in [0.05, 0.1) is 4.36 Å². The minimum Gasteiger partial charge on any atom is -0.289 e. The Hall–Kier alpha value is -1.55. The third-order valence-electron chi connectivity index (χ3n) is 3.21. The van der Waals surface area contributed by atoms with Crippen molar-refractivity contribution < 1.29 is 9.59 Å². The summed E-state index contributed by atoms with van der Waals surface area (Å²) in [4.78, 5) is 25.8. The summed E-state index contributed by atoms with van der Waals surface area (Å²) in [5.41, 5.74) is 2.89. The van der Waals surface area contributed by atoms with Crippen molar-refractivity contribution in [3.63, 3.8) is 0 Å². The minimum absolute atomic E-state index is 0.145. The molecule has 2 nitrogen and oxygen atoms in total. The van der Waals surface area contributed by atoms with Crippen LogP contribution in [0.1, 0.15) is 31.8 Å². The van der Waals surface area contributed by atoms with E-state index in [1.807, 2.05) is 0 Å². The zero-order chi connectivity index (χ0) is 15.0. The fourth-order valence-electron chi connectivity index (χ4n) is 2.33. The minimum atomic E-state index is -0.165. The molecule has 0 N–H and O–H groups in total. The highest BCUT2D eigenvalue weighted by Gasteiger charge is 2.31.